The first-order valence-electron chi connectivity index (χ1n) is 8.85. The third-order valence-corrected chi connectivity index (χ3v) is 6.62. The molecule has 1 N–H and O–H groups in total. The Balaban J connectivity index is 2.12. The van der Waals surface area contributed by atoms with Gasteiger partial charge in [-0.05, 0) is 37.2 Å². The zero-order chi connectivity index (χ0) is 17.9. The van der Waals surface area contributed by atoms with Crippen molar-refractivity contribution in [2.75, 3.05) is 6.61 Å². The van der Waals surface area contributed by atoms with E-state index >= 15 is 0 Å². The number of hydrogen-bond acceptors (Lipinski definition) is 4. The van der Waals surface area contributed by atoms with Crippen LogP contribution in [-0.4, -0.2) is 29.1 Å². The minimum absolute atomic E-state index is 0.00174. The molecule has 3 rings (SSSR count). The summed E-state index contributed by atoms with van der Waals surface area (Å²) in [4.78, 5) is 38.2. The van der Waals surface area contributed by atoms with Crippen molar-refractivity contribution in [3.63, 3.8) is 0 Å². The third kappa shape index (κ3) is 2.12. The molecule has 0 aromatic rings. The summed E-state index contributed by atoms with van der Waals surface area (Å²) in [5, 5.41) is 9.90. The molecule has 4 heteroatoms. The molecule has 0 aromatic heterocycles. The second-order valence-electron chi connectivity index (χ2n) is 8.31. The number of carbonyl (C=O) groups is 3. The van der Waals surface area contributed by atoms with Crippen molar-refractivity contribution >= 4 is 17.3 Å². The van der Waals surface area contributed by atoms with Crippen molar-refractivity contribution in [1.82, 2.24) is 0 Å². The molecule has 3 atom stereocenters. The minimum Gasteiger partial charge on any atom is -0.395 e. The molecule has 0 spiro atoms. The number of allylic oxidation sites excluding steroid dienone is 4. The number of Topliss-reactive ketones (excluding diaryl/α,β-unsaturated/α-hetero) is 2. The highest BCUT2D eigenvalue weighted by Gasteiger charge is 2.58. The summed E-state index contributed by atoms with van der Waals surface area (Å²) >= 11 is 0. The lowest BCUT2D eigenvalue weighted by Gasteiger charge is -2.54. The second kappa shape index (κ2) is 5.48. The Bertz CT molecular complexity index is 696. The largest absolute Gasteiger partial charge is 0.395 e. The first-order valence-corrected chi connectivity index (χ1v) is 8.85. The minimum atomic E-state index is -0.823. The highest BCUT2D eigenvalue weighted by molar-refractivity contribution is 6.23. The van der Waals surface area contributed by atoms with E-state index in [0.29, 0.717) is 42.4 Å². The first kappa shape index (κ1) is 17.3. The zero-order valence-corrected chi connectivity index (χ0v) is 14.9. The molecule has 0 bridgehead atoms. The normalized spacial score (nSPS) is 36.7. The summed E-state index contributed by atoms with van der Waals surface area (Å²) in [5.41, 5.74) is 0.527. The fourth-order valence-corrected chi connectivity index (χ4v) is 5.16. The van der Waals surface area contributed by atoms with E-state index in [-0.39, 0.29) is 35.8 Å². The molecule has 0 saturated heterocycles. The van der Waals surface area contributed by atoms with Crippen LogP contribution in [0.1, 0.15) is 53.4 Å². The van der Waals surface area contributed by atoms with Crippen molar-refractivity contribution < 1.29 is 19.5 Å². The lowest BCUT2D eigenvalue weighted by Crippen LogP contribution is -2.55. The summed E-state index contributed by atoms with van der Waals surface area (Å²) in [7, 11) is 0. The number of hydrogen-bond donors (Lipinski definition) is 1. The Morgan fingerprint density at radius 2 is 1.88 bits per heavy atom. The van der Waals surface area contributed by atoms with Crippen LogP contribution in [0.2, 0.25) is 0 Å². The predicted octanol–water partition coefficient (Wildman–Crippen LogP) is 2.80. The predicted molar refractivity (Wildman–Crippen MR) is 90.2 cm³/mol. The number of aliphatic hydroxyl groups is 1. The SMILES string of the molecule is CC(C)C1=CC(=O)C2=C(CC[C@@H]3[C@@](C)(CO)C(=O)CC[C@]23C)C1=O. The highest BCUT2D eigenvalue weighted by atomic mass is 16.3. The Kier molecular flexibility index (Phi) is 3.95. The van der Waals surface area contributed by atoms with Crippen LogP contribution in [0, 0.1) is 22.7 Å². The van der Waals surface area contributed by atoms with Gasteiger partial charge < -0.3 is 5.11 Å². The van der Waals surface area contributed by atoms with E-state index in [1.807, 2.05) is 27.7 Å². The van der Waals surface area contributed by atoms with Gasteiger partial charge in [0.05, 0.1) is 12.0 Å². The molecule has 1 saturated carbocycles. The Morgan fingerprint density at radius 3 is 2.46 bits per heavy atom. The van der Waals surface area contributed by atoms with E-state index in [4.69, 9.17) is 0 Å². The fourth-order valence-electron chi connectivity index (χ4n) is 5.16. The molecule has 0 unspecified atom stereocenters. The maximum absolute atomic E-state index is 12.9. The van der Waals surface area contributed by atoms with Gasteiger partial charge in [0.25, 0.3) is 0 Å². The Morgan fingerprint density at radius 1 is 1.21 bits per heavy atom. The third-order valence-electron chi connectivity index (χ3n) is 6.62. The van der Waals surface area contributed by atoms with E-state index in [1.165, 1.54) is 6.08 Å². The van der Waals surface area contributed by atoms with Crippen LogP contribution in [-0.2, 0) is 14.4 Å². The molecule has 0 aliphatic heterocycles. The molecule has 24 heavy (non-hydrogen) atoms. The number of carbonyl (C=O) groups excluding carboxylic acids is 3. The summed E-state index contributed by atoms with van der Waals surface area (Å²) in [6.07, 6.45) is 3.62. The highest BCUT2D eigenvalue weighted by Crippen LogP contribution is 2.59. The average Bonchev–Trinajstić information content (AvgIpc) is 2.53. The van der Waals surface area contributed by atoms with E-state index < -0.39 is 10.8 Å². The van der Waals surface area contributed by atoms with Crippen LogP contribution in [0.15, 0.2) is 22.8 Å². The van der Waals surface area contributed by atoms with E-state index in [0.717, 1.165) is 0 Å². The van der Waals surface area contributed by atoms with Crippen molar-refractivity contribution in [2.45, 2.75) is 53.4 Å². The number of aliphatic hydroxyl groups excluding tert-OH is 1. The molecule has 0 heterocycles. The fraction of sp³-hybridized carbons (Fsp3) is 0.650. The topological polar surface area (TPSA) is 71.4 Å². The number of fused-ring (bicyclic) bond motifs is 2. The van der Waals surface area contributed by atoms with Gasteiger partial charge in [-0.15, -0.1) is 0 Å². The Labute approximate surface area is 143 Å². The molecular formula is C20H26O4. The van der Waals surface area contributed by atoms with Crippen LogP contribution in [0.5, 0.6) is 0 Å². The monoisotopic (exact) mass is 330 g/mol. The molecule has 3 aliphatic rings. The van der Waals surface area contributed by atoms with Gasteiger partial charge in [-0.2, -0.15) is 0 Å². The van der Waals surface area contributed by atoms with Gasteiger partial charge in [0.15, 0.2) is 11.6 Å². The molecule has 0 aromatic carbocycles. The molecular weight excluding hydrogens is 304 g/mol. The summed E-state index contributed by atoms with van der Waals surface area (Å²) in [5.74, 6) is -0.0704. The summed E-state index contributed by atoms with van der Waals surface area (Å²) in [6, 6.07) is 0. The first-order chi connectivity index (χ1) is 11.2. The summed E-state index contributed by atoms with van der Waals surface area (Å²) in [6.45, 7) is 7.47. The summed E-state index contributed by atoms with van der Waals surface area (Å²) < 4.78 is 0. The van der Waals surface area contributed by atoms with E-state index in [1.54, 1.807) is 0 Å². The molecule has 4 nitrogen and oxygen atoms in total. The molecule has 1 fully saturated rings. The van der Waals surface area contributed by atoms with E-state index in [2.05, 4.69) is 0 Å². The van der Waals surface area contributed by atoms with Crippen molar-refractivity contribution in [3.05, 3.63) is 22.8 Å². The molecule has 130 valence electrons. The Hall–Kier alpha value is -1.55. The van der Waals surface area contributed by atoms with Gasteiger partial charge in [-0.1, -0.05) is 27.7 Å². The van der Waals surface area contributed by atoms with Crippen molar-refractivity contribution in [2.24, 2.45) is 22.7 Å². The van der Waals surface area contributed by atoms with Crippen LogP contribution < -0.4 is 0 Å². The van der Waals surface area contributed by atoms with Gasteiger partial charge >= 0.3 is 0 Å². The standard InChI is InChI=1S/C20H26O4/c1-11(2)13-9-14(22)17-12(18(13)24)5-6-15-19(17,3)8-7-16(23)20(15,4)10-21/h9,11,15,21H,5-8,10H2,1-4H3/t15-,19-,20+/m0/s1. The van der Waals surface area contributed by atoms with Gasteiger partial charge in [0.1, 0.15) is 5.78 Å². The van der Waals surface area contributed by atoms with Crippen LogP contribution in [0.3, 0.4) is 0 Å². The van der Waals surface area contributed by atoms with Crippen LogP contribution >= 0.6 is 0 Å². The van der Waals surface area contributed by atoms with Gasteiger partial charge in [0, 0.05) is 28.6 Å². The lowest BCUT2D eigenvalue weighted by molar-refractivity contribution is -0.146. The van der Waals surface area contributed by atoms with Crippen LogP contribution in [0.4, 0.5) is 0 Å². The molecule has 3 aliphatic carbocycles. The van der Waals surface area contributed by atoms with E-state index in [9.17, 15) is 19.5 Å². The van der Waals surface area contributed by atoms with Gasteiger partial charge in [-0.3, -0.25) is 14.4 Å². The zero-order valence-electron chi connectivity index (χ0n) is 14.9. The second-order valence-corrected chi connectivity index (χ2v) is 8.31. The van der Waals surface area contributed by atoms with Crippen LogP contribution in [0.25, 0.3) is 0 Å². The van der Waals surface area contributed by atoms with Gasteiger partial charge in [0.2, 0.25) is 0 Å². The van der Waals surface area contributed by atoms with Crippen molar-refractivity contribution in [3.8, 4) is 0 Å². The smallest absolute Gasteiger partial charge is 0.185 e. The van der Waals surface area contributed by atoms with Crippen molar-refractivity contribution in [1.29, 1.82) is 0 Å². The number of ketones is 3. The average molecular weight is 330 g/mol. The maximum atomic E-state index is 12.9. The van der Waals surface area contributed by atoms with Gasteiger partial charge in [-0.25, -0.2) is 0 Å². The quantitative estimate of drug-likeness (QED) is 0.790. The maximum Gasteiger partial charge on any atom is 0.185 e. The number of rotatable bonds is 2. The molecule has 0 radical (unpaired) electrons. The lowest BCUT2D eigenvalue weighted by atomic mass is 9.48. The molecule has 0 amide bonds.